The number of anilines is 1. The first-order valence-corrected chi connectivity index (χ1v) is 3.57. The summed E-state index contributed by atoms with van der Waals surface area (Å²) in [4.78, 5) is 11.1. The molecule has 0 saturated carbocycles. The van der Waals surface area contributed by atoms with Crippen LogP contribution in [0.4, 0.5) is 5.69 Å². The predicted molar refractivity (Wildman–Crippen MR) is 46.2 cm³/mol. The summed E-state index contributed by atoms with van der Waals surface area (Å²) in [5.41, 5.74) is 7.04. The maximum absolute atomic E-state index is 5.58. The molecule has 0 fully saturated rings. The zero-order valence-corrected chi connectivity index (χ0v) is 6.36. The van der Waals surface area contributed by atoms with E-state index in [2.05, 4.69) is 15.0 Å². The van der Waals surface area contributed by atoms with Crippen LogP contribution in [-0.2, 0) is 0 Å². The zero-order chi connectivity index (χ0) is 8.39. The minimum Gasteiger partial charge on any atom is -0.399 e. The monoisotopic (exact) mass is 160 g/mol. The van der Waals surface area contributed by atoms with Crippen LogP contribution in [0, 0.1) is 0 Å². The van der Waals surface area contributed by atoms with Gasteiger partial charge in [0.2, 0.25) is 0 Å². The number of pyridine rings is 1. The van der Waals surface area contributed by atoms with Crippen LogP contribution in [0.1, 0.15) is 0 Å². The van der Waals surface area contributed by atoms with Crippen LogP contribution < -0.4 is 5.73 Å². The summed E-state index contributed by atoms with van der Waals surface area (Å²) in [6.45, 7) is 0. The highest BCUT2D eigenvalue weighted by Gasteiger charge is 1.99. The van der Waals surface area contributed by atoms with Gasteiger partial charge in [0.25, 0.3) is 0 Å². The highest BCUT2D eigenvalue weighted by atomic mass is 14.9. The van der Waals surface area contributed by atoms with Gasteiger partial charge < -0.3 is 10.7 Å². The first kappa shape index (κ1) is 6.84. The molecule has 0 bridgehead atoms. The molecule has 60 valence electrons. The maximum atomic E-state index is 5.58. The molecule has 2 rings (SSSR count). The Morgan fingerprint density at radius 1 is 1.25 bits per heavy atom. The number of nitrogens with two attached hydrogens (primary N) is 1. The lowest BCUT2D eigenvalue weighted by Gasteiger charge is -1.95. The van der Waals surface area contributed by atoms with E-state index in [1.54, 1.807) is 30.7 Å². The maximum Gasteiger partial charge on any atom is 0.156 e. The Balaban J connectivity index is 2.48. The number of imidazole rings is 1. The van der Waals surface area contributed by atoms with Gasteiger partial charge in [0.15, 0.2) is 5.82 Å². The summed E-state index contributed by atoms with van der Waals surface area (Å²) in [5, 5.41) is 0. The fraction of sp³-hybridized carbons (Fsp3) is 0. The van der Waals surface area contributed by atoms with Gasteiger partial charge in [0.05, 0.1) is 0 Å². The molecule has 0 atom stereocenters. The van der Waals surface area contributed by atoms with E-state index in [-0.39, 0.29) is 0 Å². The second kappa shape index (κ2) is 2.65. The van der Waals surface area contributed by atoms with Crippen molar-refractivity contribution in [2.24, 2.45) is 0 Å². The molecule has 0 radical (unpaired) electrons. The second-order valence-electron chi connectivity index (χ2n) is 2.41. The number of aromatic nitrogens is 3. The molecule has 4 heteroatoms. The number of nitrogen functional groups attached to an aromatic ring is 1. The van der Waals surface area contributed by atoms with Crippen molar-refractivity contribution >= 4 is 5.69 Å². The predicted octanol–water partition coefficient (Wildman–Crippen LogP) is 1.05. The SMILES string of the molecule is Nc1ccnc(-c2ncc[nH]2)c1. The highest BCUT2D eigenvalue weighted by Crippen LogP contribution is 2.12. The molecule has 0 unspecified atom stereocenters. The van der Waals surface area contributed by atoms with Gasteiger partial charge in [0, 0.05) is 24.3 Å². The molecule has 0 amide bonds. The number of rotatable bonds is 1. The molecule has 2 aromatic rings. The molecular weight excluding hydrogens is 152 g/mol. The van der Waals surface area contributed by atoms with Gasteiger partial charge in [-0.25, -0.2) is 4.98 Å². The molecule has 0 spiro atoms. The average Bonchev–Trinajstić information content (AvgIpc) is 2.56. The third kappa shape index (κ3) is 1.14. The topological polar surface area (TPSA) is 67.6 Å². The highest BCUT2D eigenvalue weighted by molar-refractivity contribution is 5.55. The number of nitrogens with one attached hydrogen (secondary N) is 1. The van der Waals surface area contributed by atoms with Gasteiger partial charge >= 0.3 is 0 Å². The molecule has 0 aliphatic rings. The van der Waals surface area contributed by atoms with E-state index >= 15 is 0 Å². The van der Waals surface area contributed by atoms with Crippen LogP contribution in [-0.4, -0.2) is 15.0 Å². The zero-order valence-electron chi connectivity index (χ0n) is 6.36. The number of hydrogen-bond acceptors (Lipinski definition) is 3. The number of H-pyrrole nitrogens is 1. The third-order valence-corrected chi connectivity index (χ3v) is 1.52. The van der Waals surface area contributed by atoms with Crippen LogP contribution >= 0.6 is 0 Å². The molecule has 0 aliphatic heterocycles. The van der Waals surface area contributed by atoms with Crippen molar-refractivity contribution in [3.63, 3.8) is 0 Å². The Morgan fingerprint density at radius 2 is 2.17 bits per heavy atom. The normalized spacial score (nSPS) is 10.0. The van der Waals surface area contributed by atoms with Crippen LogP contribution in [0.2, 0.25) is 0 Å². The van der Waals surface area contributed by atoms with Crippen molar-refractivity contribution in [1.82, 2.24) is 15.0 Å². The van der Waals surface area contributed by atoms with Gasteiger partial charge in [-0.2, -0.15) is 0 Å². The molecule has 12 heavy (non-hydrogen) atoms. The lowest BCUT2D eigenvalue weighted by molar-refractivity contribution is 1.23. The Morgan fingerprint density at radius 3 is 2.83 bits per heavy atom. The van der Waals surface area contributed by atoms with Gasteiger partial charge in [-0.15, -0.1) is 0 Å². The van der Waals surface area contributed by atoms with Crippen LogP contribution in [0.5, 0.6) is 0 Å². The van der Waals surface area contributed by atoms with Gasteiger partial charge in [-0.1, -0.05) is 0 Å². The lowest BCUT2D eigenvalue weighted by atomic mass is 10.3. The molecule has 0 aliphatic carbocycles. The molecule has 3 N–H and O–H groups in total. The Kier molecular flexibility index (Phi) is 1.51. The second-order valence-corrected chi connectivity index (χ2v) is 2.41. The third-order valence-electron chi connectivity index (χ3n) is 1.52. The number of nitrogens with zero attached hydrogens (tertiary/aromatic N) is 2. The molecule has 0 saturated heterocycles. The number of aromatic amines is 1. The smallest absolute Gasteiger partial charge is 0.156 e. The van der Waals surface area contributed by atoms with Crippen molar-refractivity contribution in [3.05, 3.63) is 30.7 Å². The standard InChI is InChI=1S/C8H8N4/c9-6-1-2-10-7(5-6)8-11-3-4-12-8/h1-5H,(H2,9,10)(H,11,12). The minimum absolute atomic E-state index is 0.691. The molecule has 2 aromatic heterocycles. The Hall–Kier alpha value is -1.84. The van der Waals surface area contributed by atoms with Crippen molar-refractivity contribution in [3.8, 4) is 11.5 Å². The Bertz CT molecular complexity index is 366. The fourth-order valence-corrected chi connectivity index (χ4v) is 0.982. The Labute approximate surface area is 69.5 Å². The molecule has 4 nitrogen and oxygen atoms in total. The van der Waals surface area contributed by atoms with Crippen LogP contribution in [0.15, 0.2) is 30.7 Å². The lowest BCUT2D eigenvalue weighted by Crippen LogP contribution is -1.89. The molecule has 2 heterocycles. The van der Waals surface area contributed by atoms with Gasteiger partial charge in [-0.05, 0) is 12.1 Å². The quantitative estimate of drug-likeness (QED) is 0.655. The number of hydrogen-bond donors (Lipinski definition) is 2. The van der Waals surface area contributed by atoms with Crippen molar-refractivity contribution < 1.29 is 0 Å². The molecule has 0 aromatic carbocycles. The first-order valence-electron chi connectivity index (χ1n) is 3.57. The van der Waals surface area contributed by atoms with E-state index in [9.17, 15) is 0 Å². The van der Waals surface area contributed by atoms with E-state index < -0.39 is 0 Å². The van der Waals surface area contributed by atoms with E-state index in [0.717, 1.165) is 11.5 Å². The van der Waals surface area contributed by atoms with E-state index in [1.807, 2.05) is 0 Å². The van der Waals surface area contributed by atoms with E-state index in [4.69, 9.17) is 5.73 Å². The van der Waals surface area contributed by atoms with Crippen molar-refractivity contribution in [2.45, 2.75) is 0 Å². The van der Waals surface area contributed by atoms with Crippen molar-refractivity contribution in [2.75, 3.05) is 5.73 Å². The summed E-state index contributed by atoms with van der Waals surface area (Å²) in [6, 6.07) is 3.52. The summed E-state index contributed by atoms with van der Waals surface area (Å²) < 4.78 is 0. The summed E-state index contributed by atoms with van der Waals surface area (Å²) in [7, 11) is 0. The minimum atomic E-state index is 0.691. The van der Waals surface area contributed by atoms with Crippen LogP contribution in [0.25, 0.3) is 11.5 Å². The van der Waals surface area contributed by atoms with E-state index in [1.165, 1.54) is 0 Å². The fourth-order valence-electron chi connectivity index (χ4n) is 0.982. The van der Waals surface area contributed by atoms with Crippen LogP contribution in [0.3, 0.4) is 0 Å². The summed E-state index contributed by atoms with van der Waals surface area (Å²) in [5.74, 6) is 0.738. The van der Waals surface area contributed by atoms with Gasteiger partial charge in [0.1, 0.15) is 5.69 Å². The average molecular weight is 160 g/mol. The first-order chi connectivity index (χ1) is 5.86. The summed E-state index contributed by atoms with van der Waals surface area (Å²) >= 11 is 0. The van der Waals surface area contributed by atoms with E-state index in [0.29, 0.717) is 5.69 Å². The largest absolute Gasteiger partial charge is 0.399 e. The van der Waals surface area contributed by atoms with Crippen molar-refractivity contribution in [1.29, 1.82) is 0 Å². The summed E-state index contributed by atoms with van der Waals surface area (Å²) in [6.07, 6.45) is 5.09. The molecular formula is C8H8N4. The van der Waals surface area contributed by atoms with Gasteiger partial charge in [-0.3, -0.25) is 4.98 Å².